The largest absolute Gasteiger partial charge is 0.380 e. The van der Waals surface area contributed by atoms with E-state index in [1.807, 2.05) is 0 Å². The van der Waals surface area contributed by atoms with Crippen LogP contribution in [0.4, 0.5) is 0 Å². The van der Waals surface area contributed by atoms with Gasteiger partial charge in [-0.25, -0.2) is 15.0 Å². The van der Waals surface area contributed by atoms with E-state index in [0.717, 1.165) is 33.9 Å². The molecule has 1 atom stereocenters. The summed E-state index contributed by atoms with van der Waals surface area (Å²) in [5, 5.41) is 8.22. The number of hydrogen-bond acceptors (Lipinski definition) is 4. The van der Waals surface area contributed by atoms with Gasteiger partial charge in [-0.2, -0.15) is 0 Å². The molecule has 0 saturated heterocycles. The van der Waals surface area contributed by atoms with Crippen molar-refractivity contribution in [1.82, 2.24) is 20.3 Å². The van der Waals surface area contributed by atoms with Crippen LogP contribution in [0.3, 0.4) is 0 Å². The van der Waals surface area contributed by atoms with Crippen LogP contribution in [0.15, 0.2) is 133 Å². The summed E-state index contributed by atoms with van der Waals surface area (Å²) in [6.45, 7) is 2.17. The van der Waals surface area contributed by atoms with Gasteiger partial charge in [0.25, 0.3) is 0 Å². The van der Waals surface area contributed by atoms with Gasteiger partial charge in [-0.1, -0.05) is 110 Å². The lowest BCUT2D eigenvalue weighted by Crippen LogP contribution is -2.16. The van der Waals surface area contributed by atoms with Crippen molar-refractivity contribution in [2.45, 2.75) is 19.4 Å². The molecule has 40 heavy (non-hydrogen) atoms. The first-order valence-electron chi connectivity index (χ1n) is 13.7. The quantitative estimate of drug-likeness (QED) is 0.249. The monoisotopic (exact) mass is 516 g/mol. The van der Waals surface area contributed by atoms with Crippen molar-refractivity contribution in [3.8, 4) is 34.2 Å². The maximum Gasteiger partial charge on any atom is 0.164 e. The zero-order chi connectivity index (χ0) is 26.9. The molecule has 1 unspecified atom stereocenters. The fraction of sp³-hybridized carbons (Fsp3) is 0.0833. The topological polar surface area (TPSA) is 50.7 Å². The Kier molecular flexibility index (Phi) is 6.14. The van der Waals surface area contributed by atoms with Gasteiger partial charge >= 0.3 is 0 Å². The summed E-state index contributed by atoms with van der Waals surface area (Å²) in [4.78, 5) is 15.0. The van der Waals surface area contributed by atoms with Crippen LogP contribution in [0.2, 0.25) is 0 Å². The molecule has 0 bridgehead atoms. The molecule has 1 aromatic heterocycles. The number of fused-ring (bicyclic) bond motifs is 2. The molecule has 7 rings (SSSR count). The zero-order valence-corrected chi connectivity index (χ0v) is 22.3. The molecule has 2 heterocycles. The predicted octanol–water partition coefficient (Wildman–Crippen LogP) is 8.67. The molecular weight excluding hydrogens is 488 g/mol. The number of hydrogen-bond donors (Lipinski definition) is 1. The highest BCUT2D eigenvalue weighted by molar-refractivity contribution is 5.88. The second-order valence-corrected chi connectivity index (χ2v) is 10.1. The third-order valence-corrected chi connectivity index (χ3v) is 7.51. The van der Waals surface area contributed by atoms with Crippen LogP contribution in [-0.4, -0.2) is 15.0 Å². The van der Waals surface area contributed by atoms with Gasteiger partial charge in [-0.3, -0.25) is 0 Å². The highest BCUT2D eigenvalue weighted by Gasteiger charge is 2.16. The molecule has 1 N–H and O–H groups in total. The summed E-state index contributed by atoms with van der Waals surface area (Å²) >= 11 is 0. The number of benzene rings is 5. The summed E-state index contributed by atoms with van der Waals surface area (Å²) in [5.74, 6) is 1.98. The molecule has 0 fully saturated rings. The standard InChI is InChI=1S/C36H28N4/c1-2-24-14-19-33(37-23-24)29-12-7-13-30(22-29)34-38-35(31-17-15-25-8-3-5-10-27(25)20-31)40-36(39-34)32-18-16-26-9-4-6-11-28(26)21-32/h3-23,33,37H,2H2,1H3. The number of nitrogens with zero attached hydrogens (tertiary/aromatic N) is 3. The molecule has 0 radical (unpaired) electrons. The molecule has 1 aliphatic rings. The van der Waals surface area contributed by atoms with Crippen LogP contribution < -0.4 is 5.32 Å². The van der Waals surface area contributed by atoms with E-state index in [4.69, 9.17) is 15.0 Å². The second kappa shape index (κ2) is 10.2. The average Bonchev–Trinajstić information content (AvgIpc) is 3.04. The van der Waals surface area contributed by atoms with Gasteiger partial charge in [0.05, 0.1) is 6.04 Å². The Balaban J connectivity index is 1.36. The number of nitrogens with one attached hydrogen (secondary N) is 1. The van der Waals surface area contributed by atoms with Gasteiger partial charge in [-0.05, 0) is 57.3 Å². The van der Waals surface area contributed by atoms with Crippen molar-refractivity contribution >= 4 is 21.5 Å². The molecule has 6 aromatic rings. The van der Waals surface area contributed by atoms with Crippen molar-refractivity contribution in [3.05, 3.63) is 139 Å². The van der Waals surface area contributed by atoms with Crippen molar-refractivity contribution in [3.63, 3.8) is 0 Å². The Hall–Kier alpha value is -5.09. The normalized spacial score (nSPS) is 14.7. The van der Waals surface area contributed by atoms with E-state index in [1.165, 1.54) is 21.9 Å². The first-order valence-corrected chi connectivity index (χ1v) is 13.7. The smallest absolute Gasteiger partial charge is 0.164 e. The number of dihydropyridines is 1. The maximum absolute atomic E-state index is 5.01. The van der Waals surface area contributed by atoms with E-state index < -0.39 is 0 Å². The third-order valence-electron chi connectivity index (χ3n) is 7.51. The second-order valence-electron chi connectivity index (χ2n) is 10.1. The van der Waals surface area contributed by atoms with Gasteiger partial charge in [0, 0.05) is 22.9 Å². The number of rotatable bonds is 5. The summed E-state index contributed by atoms with van der Waals surface area (Å²) in [7, 11) is 0. The molecule has 0 spiro atoms. The summed E-state index contributed by atoms with van der Waals surface area (Å²) in [6, 6.07) is 38.1. The highest BCUT2D eigenvalue weighted by Crippen LogP contribution is 2.30. The van der Waals surface area contributed by atoms with Crippen LogP contribution in [0, 0.1) is 0 Å². The summed E-state index contributed by atoms with van der Waals surface area (Å²) < 4.78 is 0. The van der Waals surface area contributed by atoms with Gasteiger partial charge in [-0.15, -0.1) is 0 Å². The Bertz CT molecular complexity index is 1840. The van der Waals surface area contributed by atoms with Gasteiger partial charge < -0.3 is 5.32 Å². The van der Waals surface area contributed by atoms with Crippen molar-refractivity contribution in [2.24, 2.45) is 0 Å². The van der Waals surface area contributed by atoms with Crippen LogP contribution in [0.25, 0.3) is 55.7 Å². The third kappa shape index (κ3) is 4.65. The minimum absolute atomic E-state index is 0.108. The lowest BCUT2D eigenvalue weighted by molar-refractivity contribution is 0.734. The molecule has 0 amide bonds. The molecule has 192 valence electrons. The average molecular weight is 517 g/mol. The fourth-order valence-electron chi connectivity index (χ4n) is 5.24. The van der Waals surface area contributed by atoms with E-state index >= 15 is 0 Å². The van der Waals surface area contributed by atoms with Crippen molar-refractivity contribution in [2.75, 3.05) is 0 Å². The number of aromatic nitrogens is 3. The Labute approximate surface area is 233 Å². The van der Waals surface area contributed by atoms with E-state index in [9.17, 15) is 0 Å². The minimum Gasteiger partial charge on any atom is -0.380 e. The van der Waals surface area contributed by atoms with E-state index in [1.54, 1.807) is 0 Å². The van der Waals surface area contributed by atoms with Gasteiger partial charge in [0.1, 0.15) is 0 Å². The van der Waals surface area contributed by atoms with Gasteiger partial charge in [0.15, 0.2) is 17.5 Å². The molecule has 4 nitrogen and oxygen atoms in total. The molecule has 0 aliphatic carbocycles. The van der Waals surface area contributed by atoms with E-state index in [2.05, 4.69) is 140 Å². The Morgan fingerprint density at radius 3 is 1.65 bits per heavy atom. The van der Waals surface area contributed by atoms with Gasteiger partial charge in [0.2, 0.25) is 0 Å². The molecular formula is C36H28N4. The molecule has 5 aromatic carbocycles. The van der Waals surface area contributed by atoms with Crippen molar-refractivity contribution in [1.29, 1.82) is 0 Å². The SMILES string of the molecule is CCC1=CNC(c2cccc(-c3nc(-c4ccc5ccccc5c4)nc(-c4ccc5ccccc5c4)n3)c2)C=C1. The summed E-state index contributed by atoms with van der Waals surface area (Å²) in [5.41, 5.74) is 5.36. The molecule has 4 heteroatoms. The van der Waals surface area contributed by atoms with E-state index in [0.29, 0.717) is 17.5 Å². The van der Waals surface area contributed by atoms with Crippen LogP contribution in [-0.2, 0) is 0 Å². The Morgan fingerprint density at radius 1 is 0.575 bits per heavy atom. The Morgan fingerprint density at radius 2 is 1.12 bits per heavy atom. The number of allylic oxidation sites excluding steroid dienone is 2. The molecule has 0 saturated carbocycles. The lowest BCUT2D eigenvalue weighted by Gasteiger charge is -2.19. The van der Waals surface area contributed by atoms with Crippen LogP contribution >= 0.6 is 0 Å². The maximum atomic E-state index is 5.01. The first-order chi connectivity index (χ1) is 19.7. The lowest BCUT2D eigenvalue weighted by atomic mass is 10.00. The zero-order valence-electron chi connectivity index (χ0n) is 22.3. The minimum atomic E-state index is 0.108. The van der Waals surface area contributed by atoms with E-state index in [-0.39, 0.29) is 6.04 Å². The van der Waals surface area contributed by atoms with Crippen LogP contribution in [0.1, 0.15) is 24.9 Å². The van der Waals surface area contributed by atoms with Crippen molar-refractivity contribution < 1.29 is 0 Å². The van der Waals surface area contributed by atoms with Crippen LogP contribution in [0.5, 0.6) is 0 Å². The predicted molar refractivity (Wildman–Crippen MR) is 165 cm³/mol. The molecule has 1 aliphatic heterocycles. The summed E-state index contributed by atoms with van der Waals surface area (Å²) in [6.07, 6.45) is 7.53. The highest BCUT2D eigenvalue weighted by atomic mass is 15.0. The fourth-order valence-corrected chi connectivity index (χ4v) is 5.24. The first kappa shape index (κ1) is 24.0.